The minimum atomic E-state index is 0.0407. The highest BCUT2D eigenvalue weighted by Crippen LogP contribution is 2.29. The molecule has 2 N–H and O–H groups in total. The zero-order chi connectivity index (χ0) is 13.9. The molecule has 1 amide bonds. The third-order valence-electron chi connectivity index (χ3n) is 3.27. The third kappa shape index (κ3) is 2.93. The summed E-state index contributed by atoms with van der Waals surface area (Å²) in [5.74, 6) is 1.36. The summed E-state index contributed by atoms with van der Waals surface area (Å²) in [5, 5.41) is 14.0. The Hall–Kier alpha value is -2.43. The molecule has 5 nitrogen and oxygen atoms in total. The van der Waals surface area contributed by atoms with Gasteiger partial charge in [-0.05, 0) is 43.5 Å². The first-order chi connectivity index (χ1) is 9.72. The highest BCUT2D eigenvalue weighted by atomic mass is 16.2. The summed E-state index contributed by atoms with van der Waals surface area (Å²) in [6, 6.07) is 11.5. The normalized spacial score (nSPS) is 13.8. The van der Waals surface area contributed by atoms with Crippen LogP contribution in [-0.4, -0.2) is 16.1 Å². The second-order valence-corrected chi connectivity index (χ2v) is 5.01. The fourth-order valence-corrected chi connectivity index (χ4v) is 1.89. The van der Waals surface area contributed by atoms with Crippen LogP contribution in [0.1, 0.15) is 18.4 Å². The Morgan fingerprint density at radius 3 is 2.45 bits per heavy atom. The van der Waals surface area contributed by atoms with Gasteiger partial charge in [-0.15, -0.1) is 10.2 Å². The second kappa shape index (κ2) is 5.28. The van der Waals surface area contributed by atoms with E-state index in [1.165, 1.54) is 0 Å². The van der Waals surface area contributed by atoms with E-state index in [0.29, 0.717) is 11.6 Å². The van der Waals surface area contributed by atoms with Crippen LogP contribution in [0.3, 0.4) is 0 Å². The van der Waals surface area contributed by atoms with E-state index in [-0.39, 0.29) is 11.8 Å². The highest BCUT2D eigenvalue weighted by molar-refractivity contribution is 5.93. The minimum Gasteiger partial charge on any atom is -0.339 e. The summed E-state index contributed by atoms with van der Waals surface area (Å²) in [5.41, 5.74) is 2.14. The number of anilines is 3. The molecule has 1 aliphatic rings. The Bertz CT molecular complexity index is 620. The van der Waals surface area contributed by atoms with Crippen molar-refractivity contribution in [2.24, 2.45) is 5.92 Å². The van der Waals surface area contributed by atoms with Crippen LogP contribution in [-0.2, 0) is 4.79 Å². The van der Waals surface area contributed by atoms with E-state index in [4.69, 9.17) is 0 Å². The van der Waals surface area contributed by atoms with Gasteiger partial charge < -0.3 is 10.6 Å². The molecular formula is C15H16N4O. The number of aryl methyl sites for hydroxylation is 1. The second-order valence-electron chi connectivity index (χ2n) is 5.01. The van der Waals surface area contributed by atoms with Crippen molar-refractivity contribution in [2.45, 2.75) is 19.8 Å². The standard InChI is InChI=1S/C15H16N4O/c1-10-4-2-3-5-12(10)16-13-8-9-14(19-18-13)17-15(20)11-6-7-11/h2-5,8-9,11H,6-7H2,1H3,(H,16,18)(H,17,19,20). The number of amides is 1. The van der Waals surface area contributed by atoms with Crippen LogP contribution in [0.4, 0.5) is 17.3 Å². The van der Waals surface area contributed by atoms with Crippen LogP contribution >= 0.6 is 0 Å². The van der Waals surface area contributed by atoms with Gasteiger partial charge in [-0.25, -0.2) is 0 Å². The number of carbonyl (C=O) groups excluding carboxylic acids is 1. The van der Waals surface area contributed by atoms with Gasteiger partial charge in [0.25, 0.3) is 0 Å². The van der Waals surface area contributed by atoms with Crippen molar-refractivity contribution in [1.82, 2.24) is 10.2 Å². The van der Waals surface area contributed by atoms with Crippen molar-refractivity contribution in [2.75, 3.05) is 10.6 Å². The maximum absolute atomic E-state index is 11.6. The smallest absolute Gasteiger partial charge is 0.228 e. The number of nitrogens with one attached hydrogen (secondary N) is 2. The fraction of sp³-hybridized carbons (Fsp3) is 0.267. The average molecular weight is 268 g/mol. The average Bonchev–Trinajstić information content (AvgIpc) is 3.28. The molecule has 0 unspecified atom stereocenters. The summed E-state index contributed by atoms with van der Waals surface area (Å²) in [6.07, 6.45) is 1.96. The molecule has 0 atom stereocenters. The van der Waals surface area contributed by atoms with E-state index in [1.54, 1.807) is 6.07 Å². The summed E-state index contributed by atoms with van der Waals surface area (Å²) in [7, 11) is 0. The molecule has 20 heavy (non-hydrogen) atoms. The SMILES string of the molecule is Cc1ccccc1Nc1ccc(NC(=O)C2CC2)nn1. The third-order valence-corrected chi connectivity index (χ3v) is 3.27. The molecule has 0 bridgehead atoms. The highest BCUT2D eigenvalue weighted by Gasteiger charge is 2.29. The summed E-state index contributed by atoms with van der Waals surface area (Å²) < 4.78 is 0. The predicted molar refractivity (Wildman–Crippen MR) is 77.8 cm³/mol. The summed E-state index contributed by atoms with van der Waals surface area (Å²) in [6.45, 7) is 2.03. The van der Waals surface area contributed by atoms with Crippen molar-refractivity contribution in [3.8, 4) is 0 Å². The lowest BCUT2D eigenvalue weighted by Gasteiger charge is -2.08. The van der Waals surface area contributed by atoms with Crippen molar-refractivity contribution in [3.63, 3.8) is 0 Å². The Kier molecular flexibility index (Phi) is 3.33. The Labute approximate surface area is 117 Å². The predicted octanol–water partition coefficient (Wildman–Crippen LogP) is 2.88. The number of aromatic nitrogens is 2. The van der Waals surface area contributed by atoms with Crippen LogP contribution in [0, 0.1) is 12.8 Å². The van der Waals surface area contributed by atoms with Crippen LogP contribution in [0.5, 0.6) is 0 Å². The van der Waals surface area contributed by atoms with Crippen LogP contribution < -0.4 is 10.6 Å². The molecule has 2 aromatic rings. The maximum atomic E-state index is 11.6. The maximum Gasteiger partial charge on any atom is 0.228 e. The van der Waals surface area contributed by atoms with Gasteiger partial charge in [0.15, 0.2) is 11.6 Å². The largest absolute Gasteiger partial charge is 0.339 e. The molecule has 1 saturated carbocycles. The molecule has 0 saturated heterocycles. The molecule has 0 aliphatic heterocycles. The van der Waals surface area contributed by atoms with Gasteiger partial charge in [-0.1, -0.05) is 18.2 Å². The van der Waals surface area contributed by atoms with Crippen molar-refractivity contribution < 1.29 is 4.79 Å². The number of benzene rings is 1. The first-order valence-electron chi connectivity index (χ1n) is 6.69. The first-order valence-corrected chi connectivity index (χ1v) is 6.69. The molecule has 0 spiro atoms. The Morgan fingerprint density at radius 1 is 1.10 bits per heavy atom. The van der Waals surface area contributed by atoms with E-state index in [0.717, 1.165) is 24.1 Å². The first kappa shape index (κ1) is 12.6. The van der Waals surface area contributed by atoms with E-state index < -0.39 is 0 Å². The number of hydrogen-bond donors (Lipinski definition) is 2. The topological polar surface area (TPSA) is 66.9 Å². The van der Waals surface area contributed by atoms with Crippen molar-refractivity contribution in [3.05, 3.63) is 42.0 Å². The van der Waals surface area contributed by atoms with Crippen LogP contribution in [0.2, 0.25) is 0 Å². The Morgan fingerprint density at radius 2 is 1.80 bits per heavy atom. The molecule has 3 rings (SSSR count). The van der Waals surface area contributed by atoms with Gasteiger partial charge in [-0.2, -0.15) is 0 Å². The number of rotatable bonds is 4. The van der Waals surface area contributed by atoms with Gasteiger partial charge >= 0.3 is 0 Å². The van der Waals surface area contributed by atoms with Gasteiger partial charge in [0.2, 0.25) is 5.91 Å². The fourth-order valence-electron chi connectivity index (χ4n) is 1.89. The quantitative estimate of drug-likeness (QED) is 0.894. The number of hydrogen-bond acceptors (Lipinski definition) is 4. The molecule has 1 aromatic heterocycles. The number of carbonyl (C=O) groups is 1. The molecule has 5 heteroatoms. The van der Waals surface area contributed by atoms with Gasteiger partial charge in [-0.3, -0.25) is 4.79 Å². The van der Waals surface area contributed by atoms with Crippen molar-refractivity contribution >= 4 is 23.2 Å². The molecule has 1 fully saturated rings. The lowest BCUT2D eigenvalue weighted by atomic mass is 10.2. The van der Waals surface area contributed by atoms with E-state index >= 15 is 0 Å². The molecule has 1 aliphatic carbocycles. The molecule has 1 heterocycles. The lowest BCUT2D eigenvalue weighted by molar-refractivity contribution is -0.117. The molecule has 102 valence electrons. The zero-order valence-electron chi connectivity index (χ0n) is 11.3. The van der Waals surface area contributed by atoms with Gasteiger partial charge in [0, 0.05) is 11.6 Å². The number of nitrogens with zero attached hydrogens (tertiary/aromatic N) is 2. The Balaban J connectivity index is 1.66. The lowest BCUT2D eigenvalue weighted by Crippen LogP contribution is -2.14. The zero-order valence-corrected chi connectivity index (χ0v) is 11.3. The molecular weight excluding hydrogens is 252 g/mol. The van der Waals surface area contributed by atoms with E-state index in [2.05, 4.69) is 20.8 Å². The molecule has 0 radical (unpaired) electrons. The van der Waals surface area contributed by atoms with Crippen LogP contribution in [0.15, 0.2) is 36.4 Å². The molecule has 1 aromatic carbocycles. The van der Waals surface area contributed by atoms with Gasteiger partial charge in [0.1, 0.15) is 0 Å². The van der Waals surface area contributed by atoms with E-state index in [9.17, 15) is 4.79 Å². The summed E-state index contributed by atoms with van der Waals surface area (Å²) in [4.78, 5) is 11.6. The number of para-hydroxylation sites is 1. The monoisotopic (exact) mass is 268 g/mol. The summed E-state index contributed by atoms with van der Waals surface area (Å²) >= 11 is 0. The van der Waals surface area contributed by atoms with Crippen LogP contribution in [0.25, 0.3) is 0 Å². The van der Waals surface area contributed by atoms with E-state index in [1.807, 2.05) is 37.3 Å². The van der Waals surface area contributed by atoms with Crippen molar-refractivity contribution in [1.29, 1.82) is 0 Å². The minimum absolute atomic E-state index is 0.0407. The van der Waals surface area contributed by atoms with Gasteiger partial charge in [0.05, 0.1) is 0 Å².